The molecule has 0 radical (unpaired) electrons. The van der Waals surface area contributed by atoms with Gasteiger partial charge >= 0.3 is 0 Å². The number of amides is 2. The predicted molar refractivity (Wildman–Crippen MR) is 105 cm³/mol. The van der Waals surface area contributed by atoms with E-state index in [4.69, 9.17) is 6.42 Å². The Labute approximate surface area is 161 Å². The van der Waals surface area contributed by atoms with Crippen molar-refractivity contribution in [2.45, 2.75) is 11.8 Å². The van der Waals surface area contributed by atoms with Crippen LogP contribution in [-0.2, 0) is 15.0 Å². The molecular weight excluding hydrogens is 352 g/mol. The molecule has 28 heavy (non-hydrogen) atoms. The highest BCUT2D eigenvalue weighted by atomic mass is 16.2. The molecule has 2 aliphatic rings. The molecule has 0 saturated heterocycles. The van der Waals surface area contributed by atoms with Gasteiger partial charge in [-0.3, -0.25) is 14.5 Å². The molecule has 0 saturated carbocycles. The van der Waals surface area contributed by atoms with Crippen LogP contribution in [0.2, 0.25) is 0 Å². The van der Waals surface area contributed by atoms with E-state index in [1.165, 1.54) is 0 Å². The molecule has 2 aromatic carbocycles. The minimum Gasteiger partial charge on any atom is -0.310 e. The molecule has 1 N–H and O–H groups in total. The topological polar surface area (TPSA) is 67.2 Å². The Morgan fingerprint density at radius 3 is 2.61 bits per heavy atom. The SMILES string of the molecule is C#CCN1C(=O)C2(CC(=O)Nc3c2cnn3-c2ccccc2)c2ccccc21. The maximum atomic E-state index is 13.6. The number of aromatic nitrogens is 2. The fourth-order valence-corrected chi connectivity index (χ4v) is 4.26. The number of rotatable bonds is 2. The zero-order valence-corrected chi connectivity index (χ0v) is 14.9. The van der Waals surface area contributed by atoms with Crippen LogP contribution in [0.1, 0.15) is 17.5 Å². The van der Waals surface area contributed by atoms with Crippen LogP contribution in [0.5, 0.6) is 0 Å². The van der Waals surface area contributed by atoms with Crippen molar-refractivity contribution < 1.29 is 9.59 Å². The summed E-state index contributed by atoms with van der Waals surface area (Å²) >= 11 is 0. The van der Waals surface area contributed by atoms with Gasteiger partial charge in [0.15, 0.2) is 0 Å². The Balaban J connectivity index is 1.77. The number of fused-ring (bicyclic) bond motifs is 4. The first-order valence-electron chi connectivity index (χ1n) is 8.95. The third-order valence-electron chi connectivity index (χ3n) is 5.43. The Bertz CT molecular complexity index is 1160. The van der Waals surface area contributed by atoms with Gasteiger partial charge in [-0.15, -0.1) is 6.42 Å². The maximum Gasteiger partial charge on any atom is 0.243 e. The molecule has 0 fully saturated rings. The first-order valence-corrected chi connectivity index (χ1v) is 8.95. The molecule has 5 rings (SSSR count). The number of hydrogen-bond donors (Lipinski definition) is 1. The number of anilines is 2. The van der Waals surface area contributed by atoms with Crippen LogP contribution in [0, 0.1) is 12.3 Å². The van der Waals surface area contributed by atoms with Crippen molar-refractivity contribution in [3.63, 3.8) is 0 Å². The van der Waals surface area contributed by atoms with Crippen LogP contribution >= 0.6 is 0 Å². The van der Waals surface area contributed by atoms with E-state index in [1.54, 1.807) is 15.8 Å². The molecule has 6 heteroatoms. The molecule has 0 aliphatic carbocycles. The van der Waals surface area contributed by atoms with Gasteiger partial charge in [-0.25, -0.2) is 4.68 Å². The smallest absolute Gasteiger partial charge is 0.243 e. The van der Waals surface area contributed by atoms with Gasteiger partial charge in [0.05, 0.1) is 18.4 Å². The molecule has 6 nitrogen and oxygen atoms in total. The van der Waals surface area contributed by atoms with E-state index in [-0.39, 0.29) is 24.8 Å². The fourth-order valence-electron chi connectivity index (χ4n) is 4.26. The summed E-state index contributed by atoms with van der Waals surface area (Å²) in [5.41, 5.74) is 1.92. The van der Waals surface area contributed by atoms with Crippen molar-refractivity contribution in [3.05, 3.63) is 71.9 Å². The van der Waals surface area contributed by atoms with Gasteiger partial charge in [-0.1, -0.05) is 42.3 Å². The van der Waals surface area contributed by atoms with Crippen molar-refractivity contribution >= 4 is 23.3 Å². The van der Waals surface area contributed by atoms with Crippen molar-refractivity contribution in [1.82, 2.24) is 9.78 Å². The largest absolute Gasteiger partial charge is 0.310 e. The van der Waals surface area contributed by atoms with E-state index in [9.17, 15) is 9.59 Å². The molecule has 0 bridgehead atoms. The zero-order valence-electron chi connectivity index (χ0n) is 14.9. The third-order valence-corrected chi connectivity index (χ3v) is 5.43. The lowest BCUT2D eigenvalue weighted by molar-refractivity contribution is -0.126. The van der Waals surface area contributed by atoms with Crippen molar-refractivity contribution in [2.75, 3.05) is 16.8 Å². The molecule has 2 amide bonds. The highest BCUT2D eigenvalue weighted by molar-refractivity contribution is 6.16. The monoisotopic (exact) mass is 368 g/mol. The Morgan fingerprint density at radius 1 is 1.07 bits per heavy atom. The quantitative estimate of drug-likeness (QED) is 0.707. The summed E-state index contributed by atoms with van der Waals surface area (Å²) in [5.74, 6) is 2.66. The fraction of sp³-hybridized carbons (Fsp3) is 0.136. The van der Waals surface area contributed by atoms with Gasteiger partial charge in [-0.05, 0) is 23.8 Å². The molecule has 1 unspecified atom stereocenters. The molecular formula is C22H16N4O2. The minimum absolute atomic E-state index is 0.0252. The van der Waals surface area contributed by atoms with Crippen molar-refractivity contribution in [1.29, 1.82) is 0 Å². The maximum absolute atomic E-state index is 13.6. The van der Waals surface area contributed by atoms with Gasteiger partial charge in [0.25, 0.3) is 0 Å². The number of hydrogen-bond acceptors (Lipinski definition) is 3. The van der Waals surface area contributed by atoms with Crippen LogP contribution in [0.15, 0.2) is 60.8 Å². The Hall–Kier alpha value is -3.85. The second kappa shape index (κ2) is 5.83. The Kier molecular flexibility index (Phi) is 3.40. The average molecular weight is 368 g/mol. The van der Waals surface area contributed by atoms with E-state index in [2.05, 4.69) is 16.3 Å². The second-order valence-corrected chi connectivity index (χ2v) is 6.90. The summed E-state index contributed by atoms with van der Waals surface area (Å²) in [5, 5.41) is 7.40. The van der Waals surface area contributed by atoms with Crippen LogP contribution in [0.4, 0.5) is 11.5 Å². The zero-order chi connectivity index (χ0) is 19.3. The summed E-state index contributed by atoms with van der Waals surface area (Å²) in [6, 6.07) is 17.0. The van der Waals surface area contributed by atoms with E-state index >= 15 is 0 Å². The lowest BCUT2D eigenvalue weighted by Gasteiger charge is -2.32. The highest BCUT2D eigenvalue weighted by Gasteiger charge is 2.56. The van der Waals surface area contributed by atoms with E-state index in [1.807, 2.05) is 54.6 Å². The van der Waals surface area contributed by atoms with Crippen LogP contribution in [0.3, 0.4) is 0 Å². The lowest BCUT2D eigenvalue weighted by Crippen LogP contribution is -2.46. The van der Waals surface area contributed by atoms with E-state index in [0.717, 1.165) is 16.9 Å². The summed E-state index contributed by atoms with van der Waals surface area (Å²) < 4.78 is 1.66. The molecule has 3 aromatic rings. The third kappa shape index (κ3) is 2.01. The number of nitrogens with zero attached hydrogens (tertiary/aromatic N) is 3. The van der Waals surface area contributed by atoms with Crippen LogP contribution < -0.4 is 10.2 Å². The molecule has 2 aliphatic heterocycles. The number of benzene rings is 2. The molecule has 1 spiro atoms. The molecule has 136 valence electrons. The lowest BCUT2D eigenvalue weighted by atomic mass is 9.72. The number of terminal acetylenes is 1. The van der Waals surface area contributed by atoms with Gasteiger partial charge < -0.3 is 5.32 Å². The van der Waals surface area contributed by atoms with E-state index < -0.39 is 5.41 Å². The van der Waals surface area contributed by atoms with Crippen LogP contribution in [-0.4, -0.2) is 28.1 Å². The second-order valence-electron chi connectivity index (χ2n) is 6.90. The standard InChI is InChI=1S/C22H16N4O2/c1-2-12-25-18-11-7-6-10-16(18)22(21(25)28)13-19(27)24-20-17(22)14-23-26(20)15-8-4-3-5-9-15/h1,3-11,14H,12-13H2,(H,24,27). The first-order chi connectivity index (χ1) is 13.7. The minimum atomic E-state index is -1.11. The van der Waals surface area contributed by atoms with Gasteiger partial charge in [0, 0.05) is 17.7 Å². The number of para-hydroxylation sites is 2. The number of carbonyl (C=O) groups excluding carboxylic acids is 2. The van der Waals surface area contributed by atoms with Gasteiger partial charge in [0.2, 0.25) is 11.8 Å². The normalized spacial score (nSPS) is 19.9. The van der Waals surface area contributed by atoms with Crippen LogP contribution in [0.25, 0.3) is 5.69 Å². The molecule has 1 atom stereocenters. The number of nitrogens with one attached hydrogen (secondary N) is 1. The van der Waals surface area contributed by atoms with Gasteiger partial charge in [-0.2, -0.15) is 5.10 Å². The summed E-state index contributed by atoms with van der Waals surface area (Å²) in [6.45, 7) is 0.154. The molecule has 1 aromatic heterocycles. The summed E-state index contributed by atoms with van der Waals surface area (Å²) in [6.07, 6.45) is 7.21. The van der Waals surface area contributed by atoms with E-state index in [0.29, 0.717) is 11.4 Å². The summed E-state index contributed by atoms with van der Waals surface area (Å²) in [4.78, 5) is 27.9. The molecule has 3 heterocycles. The van der Waals surface area contributed by atoms with Crippen molar-refractivity contribution in [2.24, 2.45) is 0 Å². The highest BCUT2D eigenvalue weighted by Crippen LogP contribution is 2.52. The first kappa shape index (κ1) is 16.3. The van der Waals surface area contributed by atoms with Gasteiger partial charge in [0.1, 0.15) is 11.2 Å². The predicted octanol–water partition coefficient (Wildman–Crippen LogP) is 2.48. The number of carbonyl (C=O) groups is 2. The summed E-state index contributed by atoms with van der Waals surface area (Å²) in [7, 11) is 0. The van der Waals surface area contributed by atoms with Crippen molar-refractivity contribution in [3.8, 4) is 18.0 Å². The average Bonchev–Trinajstić information content (AvgIpc) is 3.24. The Morgan fingerprint density at radius 2 is 1.82 bits per heavy atom.